The molecule has 0 atom stereocenters. The molecule has 0 aromatic heterocycles. The van der Waals surface area contributed by atoms with Gasteiger partial charge in [0.05, 0.1) is 16.1 Å². The Morgan fingerprint density at radius 2 is 1.56 bits per heavy atom. The predicted octanol–water partition coefficient (Wildman–Crippen LogP) is 4.64. The van der Waals surface area contributed by atoms with Crippen molar-refractivity contribution in [3.8, 4) is 0 Å². The molecule has 2 N–H and O–H groups in total. The van der Waals surface area contributed by atoms with Crippen molar-refractivity contribution in [1.82, 2.24) is 0 Å². The molecule has 1 heterocycles. The van der Waals surface area contributed by atoms with Crippen LogP contribution in [0.4, 0.5) is 11.4 Å². The Labute approximate surface area is 188 Å². The van der Waals surface area contributed by atoms with Crippen molar-refractivity contribution in [3.05, 3.63) is 90.0 Å². The van der Waals surface area contributed by atoms with E-state index >= 15 is 0 Å². The molecule has 1 aliphatic rings. The van der Waals surface area contributed by atoms with Gasteiger partial charge in [0.25, 0.3) is 10.0 Å². The third-order valence-corrected chi connectivity index (χ3v) is 7.25. The predicted molar refractivity (Wildman–Crippen MR) is 126 cm³/mol. The van der Waals surface area contributed by atoms with Crippen LogP contribution in [0.2, 0.25) is 0 Å². The zero-order chi connectivity index (χ0) is 22.6. The van der Waals surface area contributed by atoms with E-state index in [0.717, 1.165) is 32.4 Å². The van der Waals surface area contributed by atoms with Gasteiger partial charge in [0, 0.05) is 18.8 Å². The van der Waals surface area contributed by atoms with E-state index in [2.05, 4.69) is 33.9 Å². The number of piperidine rings is 1. The molecule has 4 rings (SSSR count). The second-order valence-electron chi connectivity index (χ2n) is 8.08. The van der Waals surface area contributed by atoms with Gasteiger partial charge in [-0.05, 0) is 61.1 Å². The van der Waals surface area contributed by atoms with Gasteiger partial charge in [-0.2, -0.15) is 0 Å². The number of anilines is 2. The maximum absolute atomic E-state index is 12.6. The van der Waals surface area contributed by atoms with Crippen molar-refractivity contribution >= 4 is 27.4 Å². The molecule has 1 fully saturated rings. The molecule has 166 valence electrons. The average Bonchev–Trinajstić information content (AvgIpc) is 2.81. The van der Waals surface area contributed by atoms with Gasteiger partial charge in [-0.15, -0.1) is 0 Å². The lowest BCUT2D eigenvalue weighted by Crippen LogP contribution is -2.35. The van der Waals surface area contributed by atoms with Gasteiger partial charge in [0.15, 0.2) is 0 Å². The van der Waals surface area contributed by atoms with Crippen molar-refractivity contribution in [2.75, 3.05) is 22.7 Å². The van der Waals surface area contributed by atoms with E-state index in [1.807, 2.05) is 6.07 Å². The minimum Gasteiger partial charge on any atom is -0.478 e. The number of carboxylic acids is 1. The average molecular weight is 451 g/mol. The summed E-state index contributed by atoms with van der Waals surface area (Å²) in [4.78, 5) is 14.2. The van der Waals surface area contributed by atoms with Crippen molar-refractivity contribution in [3.63, 3.8) is 0 Å². The highest BCUT2D eigenvalue weighted by molar-refractivity contribution is 7.92. The van der Waals surface area contributed by atoms with Crippen molar-refractivity contribution in [2.24, 2.45) is 5.92 Å². The molecule has 0 radical (unpaired) electrons. The molecule has 7 heteroatoms. The zero-order valence-electron chi connectivity index (χ0n) is 17.6. The molecule has 32 heavy (non-hydrogen) atoms. The zero-order valence-corrected chi connectivity index (χ0v) is 18.5. The SMILES string of the molecule is O=C(O)c1cc(NS(=O)(=O)c2ccccc2)ccc1N1CCC(Cc2ccccc2)CC1. The lowest BCUT2D eigenvalue weighted by Gasteiger charge is -2.34. The highest BCUT2D eigenvalue weighted by Crippen LogP contribution is 2.30. The third-order valence-electron chi connectivity index (χ3n) is 5.86. The fourth-order valence-electron chi connectivity index (χ4n) is 4.19. The van der Waals surface area contributed by atoms with Crippen LogP contribution in [0.15, 0.2) is 83.8 Å². The Morgan fingerprint density at radius 3 is 2.19 bits per heavy atom. The fraction of sp³-hybridized carbons (Fsp3) is 0.240. The second kappa shape index (κ2) is 9.44. The molecule has 3 aromatic carbocycles. The minimum absolute atomic E-state index is 0.0970. The second-order valence-corrected chi connectivity index (χ2v) is 9.76. The third kappa shape index (κ3) is 5.11. The van der Waals surface area contributed by atoms with Gasteiger partial charge in [-0.1, -0.05) is 48.5 Å². The summed E-state index contributed by atoms with van der Waals surface area (Å²) >= 11 is 0. The summed E-state index contributed by atoms with van der Waals surface area (Å²) in [6.45, 7) is 1.54. The molecule has 0 unspecified atom stereocenters. The van der Waals surface area contributed by atoms with Crippen LogP contribution in [-0.4, -0.2) is 32.6 Å². The molecule has 0 bridgehead atoms. The van der Waals surface area contributed by atoms with Crippen LogP contribution in [-0.2, 0) is 16.4 Å². The standard InChI is InChI=1S/C25H26N2O4S/c28-25(29)23-18-21(26-32(30,31)22-9-5-2-6-10-22)11-12-24(23)27-15-13-20(14-16-27)17-19-7-3-1-4-8-19/h1-12,18,20,26H,13-17H2,(H,28,29). The van der Waals surface area contributed by atoms with Gasteiger partial charge < -0.3 is 10.0 Å². The summed E-state index contributed by atoms with van der Waals surface area (Å²) in [5, 5.41) is 9.78. The van der Waals surface area contributed by atoms with Crippen molar-refractivity contribution in [1.29, 1.82) is 0 Å². The van der Waals surface area contributed by atoms with Crippen molar-refractivity contribution in [2.45, 2.75) is 24.2 Å². The Bertz CT molecular complexity index is 1170. The first-order valence-corrected chi connectivity index (χ1v) is 12.1. The minimum atomic E-state index is -3.79. The molecule has 0 amide bonds. The van der Waals surface area contributed by atoms with E-state index in [9.17, 15) is 18.3 Å². The van der Waals surface area contributed by atoms with Gasteiger partial charge in [-0.3, -0.25) is 4.72 Å². The van der Waals surface area contributed by atoms with Gasteiger partial charge >= 0.3 is 5.97 Å². The van der Waals surface area contributed by atoms with Crippen LogP contribution in [0.25, 0.3) is 0 Å². The molecule has 0 spiro atoms. The number of nitrogens with one attached hydrogen (secondary N) is 1. The molecular formula is C25H26N2O4S. The molecule has 6 nitrogen and oxygen atoms in total. The van der Waals surface area contributed by atoms with Crippen LogP contribution in [0.5, 0.6) is 0 Å². The number of benzene rings is 3. The van der Waals surface area contributed by atoms with Crippen LogP contribution in [0, 0.1) is 5.92 Å². The van der Waals surface area contributed by atoms with E-state index in [1.54, 1.807) is 30.3 Å². The maximum Gasteiger partial charge on any atom is 0.337 e. The number of carbonyl (C=O) groups is 1. The van der Waals surface area contributed by atoms with E-state index in [0.29, 0.717) is 11.6 Å². The van der Waals surface area contributed by atoms with Crippen LogP contribution in [0.1, 0.15) is 28.8 Å². The van der Waals surface area contributed by atoms with Crippen LogP contribution >= 0.6 is 0 Å². The number of aromatic carboxylic acids is 1. The number of hydrogen-bond acceptors (Lipinski definition) is 4. The van der Waals surface area contributed by atoms with E-state index in [-0.39, 0.29) is 16.1 Å². The molecular weight excluding hydrogens is 424 g/mol. The fourth-order valence-corrected chi connectivity index (χ4v) is 5.26. The Balaban J connectivity index is 1.47. The normalized spacial score (nSPS) is 14.8. The number of hydrogen-bond donors (Lipinski definition) is 2. The van der Waals surface area contributed by atoms with Crippen molar-refractivity contribution < 1.29 is 18.3 Å². The van der Waals surface area contributed by atoms with E-state index in [4.69, 9.17) is 0 Å². The number of nitrogens with zero attached hydrogens (tertiary/aromatic N) is 1. The summed E-state index contributed by atoms with van der Waals surface area (Å²) in [7, 11) is -3.79. The molecule has 1 saturated heterocycles. The van der Waals surface area contributed by atoms with E-state index < -0.39 is 16.0 Å². The number of sulfonamides is 1. The quantitative estimate of drug-likeness (QED) is 0.547. The number of rotatable bonds is 7. The summed E-state index contributed by atoms with van der Waals surface area (Å²) < 4.78 is 27.7. The topological polar surface area (TPSA) is 86.7 Å². The summed E-state index contributed by atoms with van der Waals surface area (Å²) in [6.07, 6.45) is 2.99. The maximum atomic E-state index is 12.6. The molecule has 0 saturated carbocycles. The highest BCUT2D eigenvalue weighted by Gasteiger charge is 2.24. The lowest BCUT2D eigenvalue weighted by atomic mass is 9.90. The van der Waals surface area contributed by atoms with Crippen LogP contribution < -0.4 is 9.62 Å². The molecule has 3 aromatic rings. The largest absolute Gasteiger partial charge is 0.478 e. The Morgan fingerprint density at radius 1 is 0.938 bits per heavy atom. The monoisotopic (exact) mass is 450 g/mol. The molecule has 1 aliphatic heterocycles. The van der Waals surface area contributed by atoms with Gasteiger partial charge in [-0.25, -0.2) is 13.2 Å². The summed E-state index contributed by atoms with van der Waals surface area (Å²) in [5.41, 5.74) is 2.28. The van der Waals surface area contributed by atoms with Gasteiger partial charge in [0.1, 0.15) is 0 Å². The first kappa shape index (κ1) is 21.9. The van der Waals surface area contributed by atoms with E-state index in [1.165, 1.54) is 23.8 Å². The lowest BCUT2D eigenvalue weighted by molar-refractivity contribution is 0.0697. The smallest absolute Gasteiger partial charge is 0.337 e. The Hall–Kier alpha value is -3.32. The summed E-state index contributed by atoms with van der Waals surface area (Å²) in [6, 6.07) is 23.1. The van der Waals surface area contributed by atoms with Gasteiger partial charge in [0.2, 0.25) is 0 Å². The summed E-state index contributed by atoms with van der Waals surface area (Å²) in [5.74, 6) is -0.508. The molecule has 0 aliphatic carbocycles. The highest BCUT2D eigenvalue weighted by atomic mass is 32.2. The first-order valence-electron chi connectivity index (χ1n) is 10.7. The first-order chi connectivity index (χ1) is 15.4. The Kier molecular flexibility index (Phi) is 6.46. The number of carboxylic acid groups (broad SMARTS) is 1. The van der Waals surface area contributed by atoms with Crippen LogP contribution in [0.3, 0.4) is 0 Å².